The van der Waals surface area contributed by atoms with Crippen molar-refractivity contribution < 1.29 is 4.74 Å². The first-order valence-electron chi connectivity index (χ1n) is 8.89. The average molecular weight is 385 g/mol. The Morgan fingerprint density at radius 1 is 1.03 bits per heavy atom. The second-order valence-electron chi connectivity index (χ2n) is 6.24. The van der Waals surface area contributed by atoms with Crippen LogP contribution in [0.5, 0.6) is 5.88 Å². The lowest BCUT2D eigenvalue weighted by Gasteiger charge is -2.10. The quantitative estimate of drug-likeness (QED) is 0.470. The molecule has 4 aromatic heterocycles. The number of nitrogens with zero attached hydrogens (tertiary/aromatic N) is 8. The predicted molar refractivity (Wildman–Crippen MR) is 102 cm³/mol. The largest absolute Gasteiger partial charge is 0.468 e. The fraction of sp³-hybridized carbons (Fsp3) is 0.105. The summed E-state index contributed by atoms with van der Waals surface area (Å²) >= 11 is 0. The SMILES string of the molecule is c1ccc(Cc2cc3nnc(-c4cnccn4)n3nc2OCc2ncn[nH]2)cc1. The minimum absolute atomic E-state index is 0.211. The van der Waals surface area contributed by atoms with Gasteiger partial charge < -0.3 is 4.74 Å². The maximum Gasteiger partial charge on any atom is 0.235 e. The fourth-order valence-electron chi connectivity index (χ4n) is 2.93. The van der Waals surface area contributed by atoms with Crippen LogP contribution >= 0.6 is 0 Å². The van der Waals surface area contributed by atoms with E-state index in [9.17, 15) is 0 Å². The van der Waals surface area contributed by atoms with E-state index in [1.165, 1.54) is 6.33 Å². The third kappa shape index (κ3) is 3.50. The molecule has 0 aliphatic rings. The number of benzene rings is 1. The van der Waals surface area contributed by atoms with Crippen molar-refractivity contribution in [2.75, 3.05) is 0 Å². The van der Waals surface area contributed by atoms with Crippen LogP contribution in [0, 0.1) is 0 Å². The lowest BCUT2D eigenvalue weighted by molar-refractivity contribution is 0.277. The molecule has 1 aromatic carbocycles. The van der Waals surface area contributed by atoms with E-state index in [0.29, 0.717) is 35.3 Å². The minimum atomic E-state index is 0.211. The smallest absolute Gasteiger partial charge is 0.235 e. The van der Waals surface area contributed by atoms with Crippen molar-refractivity contribution in [2.24, 2.45) is 0 Å². The number of hydrogen-bond donors (Lipinski definition) is 1. The van der Waals surface area contributed by atoms with Gasteiger partial charge in [0.05, 0.1) is 6.20 Å². The highest BCUT2D eigenvalue weighted by Crippen LogP contribution is 2.23. The second-order valence-corrected chi connectivity index (χ2v) is 6.24. The van der Waals surface area contributed by atoms with Gasteiger partial charge in [-0.1, -0.05) is 30.3 Å². The third-order valence-corrected chi connectivity index (χ3v) is 4.27. The summed E-state index contributed by atoms with van der Waals surface area (Å²) < 4.78 is 7.57. The third-order valence-electron chi connectivity index (χ3n) is 4.27. The van der Waals surface area contributed by atoms with Gasteiger partial charge in [0.15, 0.2) is 11.5 Å². The molecule has 1 N–H and O–H groups in total. The lowest BCUT2D eigenvalue weighted by Crippen LogP contribution is -2.07. The Morgan fingerprint density at radius 3 is 2.76 bits per heavy atom. The second kappa shape index (κ2) is 7.43. The van der Waals surface area contributed by atoms with Gasteiger partial charge in [0, 0.05) is 24.4 Å². The van der Waals surface area contributed by atoms with Crippen molar-refractivity contribution in [2.45, 2.75) is 13.0 Å². The van der Waals surface area contributed by atoms with Crippen LogP contribution in [0.1, 0.15) is 17.0 Å². The van der Waals surface area contributed by atoms with Crippen LogP contribution in [0.3, 0.4) is 0 Å². The van der Waals surface area contributed by atoms with E-state index in [2.05, 4.69) is 52.6 Å². The van der Waals surface area contributed by atoms with Crippen molar-refractivity contribution >= 4 is 5.65 Å². The summed E-state index contributed by atoms with van der Waals surface area (Å²) in [6, 6.07) is 12.0. The van der Waals surface area contributed by atoms with E-state index < -0.39 is 0 Å². The van der Waals surface area contributed by atoms with Crippen LogP contribution in [0.4, 0.5) is 0 Å². The summed E-state index contributed by atoms with van der Waals surface area (Å²) in [6.45, 7) is 0.211. The molecule has 29 heavy (non-hydrogen) atoms. The van der Waals surface area contributed by atoms with Gasteiger partial charge in [-0.05, 0) is 11.6 Å². The molecule has 0 saturated heterocycles. The van der Waals surface area contributed by atoms with E-state index >= 15 is 0 Å². The van der Waals surface area contributed by atoms with Gasteiger partial charge in [0.1, 0.15) is 18.6 Å². The number of rotatable bonds is 6. The Kier molecular flexibility index (Phi) is 4.33. The predicted octanol–water partition coefficient (Wildman–Crippen LogP) is 1.87. The van der Waals surface area contributed by atoms with Gasteiger partial charge in [-0.15, -0.1) is 15.3 Å². The Hall–Kier alpha value is -4.21. The molecule has 0 fully saturated rings. The minimum Gasteiger partial charge on any atom is -0.468 e. The van der Waals surface area contributed by atoms with Crippen LogP contribution in [0.15, 0.2) is 61.3 Å². The number of aromatic amines is 1. The first-order valence-corrected chi connectivity index (χ1v) is 8.89. The van der Waals surface area contributed by atoms with Gasteiger partial charge in [-0.2, -0.15) is 9.61 Å². The summed E-state index contributed by atoms with van der Waals surface area (Å²) in [5.41, 5.74) is 3.20. The molecule has 10 nitrogen and oxygen atoms in total. The Labute approximate surface area is 164 Å². The molecule has 0 amide bonds. The van der Waals surface area contributed by atoms with Crippen molar-refractivity contribution in [1.82, 2.24) is 45.0 Å². The van der Waals surface area contributed by atoms with E-state index in [-0.39, 0.29) is 6.61 Å². The van der Waals surface area contributed by atoms with Crippen LogP contribution < -0.4 is 4.74 Å². The summed E-state index contributed by atoms with van der Waals surface area (Å²) in [7, 11) is 0. The van der Waals surface area contributed by atoms with E-state index in [0.717, 1.165) is 11.1 Å². The molecule has 5 aromatic rings. The summed E-state index contributed by atoms with van der Waals surface area (Å²) in [5.74, 6) is 1.56. The molecule has 0 aliphatic heterocycles. The molecular formula is C19H15N9O. The molecule has 142 valence electrons. The lowest BCUT2D eigenvalue weighted by atomic mass is 10.1. The highest BCUT2D eigenvalue weighted by Gasteiger charge is 2.16. The first-order chi connectivity index (χ1) is 14.4. The highest BCUT2D eigenvalue weighted by molar-refractivity contribution is 5.55. The molecule has 0 spiro atoms. The molecule has 4 heterocycles. The number of hydrogen-bond acceptors (Lipinski definition) is 8. The van der Waals surface area contributed by atoms with Crippen LogP contribution in [0.2, 0.25) is 0 Å². The zero-order valence-corrected chi connectivity index (χ0v) is 15.2. The monoisotopic (exact) mass is 385 g/mol. The molecule has 0 radical (unpaired) electrons. The van der Waals surface area contributed by atoms with Gasteiger partial charge in [-0.25, -0.2) is 9.97 Å². The normalized spacial score (nSPS) is 11.0. The van der Waals surface area contributed by atoms with E-state index in [1.807, 2.05) is 24.3 Å². The van der Waals surface area contributed by atoms with Crippen molar-refractivity contribution in [1.29, 1.82) is 0 Å². The van der Waals surface area contributed by atoms with Crippen LogP contribution in [-0.2, 0) is 13.0 Å². The first kappa shape index (κ1) is 16.9. The van der Waals surface area contributed by atoms with Gasteiger partial charge in [-0.3, -0.25) is 10.1 Å². The number of fused-ring (bicyclic) bond motifs is 1. The molecule has 10 heteroatoms. The van der Waals surface area contributed by atoms with Gasteiger partial charge in [0.2, 0.25) is 11.7 Å². The Balaban J connectivity index is 1.57. The number of aromatic nitrogens is 9. The van der Waals surface area contributed by atoms with Gasteiger partial charge in [0.25, 0.3) is 0 Å². The average Bonchev–Trinajstić information content (AvgIpc) is 3.43. The highest BCUT2D eigenvalue weighted by atomic mass is 16.5. The zero-order chi connectivity index (χ0) is 19.5. The summed E-state index contributed by atoms with van der Waals surface area (Å²) in [5, 5.41) is 19.7. The van der Waals surface area contributed by atoms with Crippen LogP contribution in [0.25, 0.3) is 17.2 Å². The van der Waals surface area contributed by atoms with E-state index in [1.54, 1.807) is 23.1 Å². The molecule has 0 unspecified atom stereocenters. The molecule has 5 rings (SSSR count). The molecular weight excluding hydrogens is 370 g/mol. The van der Waals surface area contributed by atoms with Crippen molar-refractivity contribution in [3.8, 4) is 17.4 Å². The maximum atomic E-state index is 5.96. The summed E-state index contributed by atoms with van der Waals surface area (Å²) in [4.78, 5) is 12.5. The van der Waals surface area contributed by atoms with Crippen molar-refractivity contribution in [3.05, 3.63) is 78.3 Å². The summed E-state index contributed by atoms with van der Waals surface area (Å²) in [6.07, 6.45) is 6.90. The van der Waals surface area contributed by atoms with E-state index in [4.69, 9.17) is 4.74 Å². The molecule has 0 aliphatic carbocycles. The number of ether oxygens (including phenoxy) is 1. The fourth-order valence-corrected chi connectivity index (χ4v) is 2.93. The maximum absolute atomic E-state index is 5.96. The Bertz CT molecular complexity index is 1220. The molecule has 0 atom stereocenters. The topological polar surface area (TPSA) is 120 Å². The molecule has 0 saturated carbocycles. The number of nitrogens with one attached hydrogen (secondary N) is 1. The van der Waals surface area contributed by atoms with Crippen LogP contribution in [-0.4, -0.2) is 45.0 Å². The Morgan fingerprint density at radius 2 is 1.97 bits per heavy atom. The van der Waals surface area contributed by atoms with Gasteiger partial charge >= 0.3 is 0 Å². The number of H-pyrrole nitrogens is 1. The standard InChI is InChI=1S/C19H15N9O/c1-2-4-13(5-3-1)8-14-9-17-25-26-18(15-10-20-6-7-21-15)28(17)27-19(14)29-11-16-22-12-23-24-16/h1-7,9-10,12H,8,11H2,(H,22,23,24). The van der Waals surface area contributed by atoms with Crippen molar-refractivity contribution in [3.63, 3.8) is 0 Å². The zero-order valence-electron chi connectivity index (χ0n) is 15.2. The molecule has 0 bridgehead atoms.